The molecule has 6 heteroatoms. The summed E-state index contributed by atoms with van der Waals surface area (Å²) in [7, 11) is 1.64. The Labute approximate surface area is 109 Å². The number of nitrogens with zero attached hydrogens (tertiary/aromatic N) is 1. The molecule has 17 heavy (non-hydrogen) atoms. The molecular weight excluding hydrogens is 261 g/mol. The smallest absolute Gasteiger partial charge is 0.124 e. The van der Waals surface area contributed by atoms with Crippen molar-refractivity contribution in [2.45, 2.75) is 12.5 Å². The molecule has 1 heterocycles. The van der Waals surface area contributed by atoms with Gasteiger partial charge in [-0.2, -0.15) is 0 Å². The van der Waals surface area contributed by atoms with Crippen LogP contribution in [-0.2, 0) is 4.74 Å². The van der Waals surface area contributed by atoms with Crippen molar-refractivity contribution in [2.24, 2.45) is 5.73 Å². The molecule has 0 fully saturated rings. The molecule has 2 rings (SSSR count). The number of methoxy groups -OCH3 is 1. The lowest BCUT2D eigenvalue weighted by atomic mass is 10.2. The molecule has 4 nitrogen and oxygen atoms in total. The molecule has 0 radical (unpaired) electrons. The Morgan fingerprint density at radius 2 is 2.12 bits per heavy atom. The number of aromatic amines is 1. The van der Waals surface area contributed by atoms with Crippen LogP contribution in [0.5, 0.6) is 0 Å². The number of fused-ring (bicyclic) bond motifs is 1. The standard InChI is InChI=1S/C11H13Cl2N3O/c1-17-3-2-8(14)11-15-9-4-6(12)7(13)5-10(9)16-11/h4-5,8H,2-3,14H2,1H3,(H,15,16). The number of halogens is 2. The third kappa shape index (κ3) is 2.72. The molecule has 92 valence electrons. The van der Waals surface area contributed by atoms with E-state index in [1.807, 2.05) is 0 Å². The Morgan fingerprint density at radius 1 is 1.41 bits per heavy atom. The number of nitrogens with one attached hydrogen (secondary N) is 1. The fraction of sp³-hybridized carbons (Fsp3) is 0.364. The summed E-state index contributed by atoms with van der Waals surface area (Å²) in [6.07, 6.45) is 0.706. The van der Waals surface area contributed by atoms with Crippen molar-refractivity contribution in [1.29, 1.82) is 0 Å². The van der Waals surface area contributed by atoms with E-state index in [9.17, 15) is 0 Å². The number of ether oxygens (including phenoxy) is 1. The zero-order valence-electron chi connectivity index (χ0n) is 9.34. The van der Waals surface area contributed by atoms with E-state index in [2.05, 4.69) is 9.97 Å². The lowest BCUT2D eigenvalue weighted by Gasteiger charge is -2.06. The minimum absolute atomic E-state index is 0.181. The molecule has 2 aromatic rings. The molecule has 0 aliphatic rings. The second-order valence-corrected chi connectivity index (χ2v) is 4.61. The first kappa shape index (κ1) is 12.6. The van der Waals surface area contributed by atoms with Gasteiger partial charge in [-0.25, -0.2) is 4.98 Å². The van der Waals surface area contributed by atoms with E-state index >= 15 is 0 Å². The lowest BCUT2D eigenvalue weighted by Crippen LogP contribution is -2.14. The maximum Gasteiger partial charge on any atom is 0.124 e. The number of H-pyrrole nitrogens is 1. The quantitative estimate of drug-likeness (QED) is 0.901. The third-order valence-electron chi connectivity index (χ3n) is 2.53. The van der Waals surface area contributed by atoms with Crippen molar-refractivity contribution in [3.05, 3.63) is 28.0 Å². The van der Waals surface area contributed by atoms with Crippen LogP contribution in [-0.4, -0.2) is 23.7 Å². The fourth-order valence-electron chi connectivity index (χ4n) is 1.58. The number of hydrogen-bond acceptors (Lipinski definition) is 3. The highest BCUT2D eigenvalue weighted by Crippen LogP contribution is 2.27. The van der Waals surface area contributed by atoms with E-state index in [1.165, 1.54) is 0 Å². The number of rotatable bonds is 4. The van der Waals surface area contributed by atoms with Crippen LogP contribution in [0, 0.1) is 0 Å². The molecule has 1 aromatic heterocycles. The van der Waals surface area contributed by atoms with Gasteiger partial charge in [0.15, 0.2) is 0 Å². The highest BCUT2D eigenvalue weighted by molar-refractivity contribution is 6.42. The number of hydrogen-bond donors (Lipinski definition) is 2. The highest BCUT2D eigenvalue weighted by Gasteiger charge is 2.12. The summed E-state index contributed by atoms with van der Waals surface area (Å²) in [5.74, 6) is 0.718. The largest absolute Gasteiger partial charge is 0.385 e. The minimum atomic E-state index is -0.181. The second-order valence-electron chi connectivity index (χ2n) is 3.79. The number of imidazole rings is 1. The van der Waals surface area contributed by atoms with Crippen LogP contribution in [0.3, 0.4) is 0 Å². The first-order valence-electron chi connectivity index (χ1n) is 5.21. The van der Waals surface area contributed by atoms with Crippen LogP contribution in [0.4, 0.5) is 0 Å². The van der Waals surface area contributed by atoms with Crippen LogP contribution in [0.1, 0.15) is 18.3 Å². The van der Waals surface area contributed by atoms with Gasteiger partial charge in [0, 0.05) is 13.7 Å². The second kappa shape index (κ2) is 5.23. The number of benzene rings is 1. The summed E-state index contributed by atoms with van der Waals surface area (Å²) in [4.78, 5) is 7.53. The van der Waals surface area contributed by atoms with Crippen LogP contribution >= 0.6 is 23.2 Å². The Bertz CT molecular complexity index is 488. The Balaban J connectivity index is 2.31. The van der Waals surface area contributed by atoms with Gasteiger partial charge in [0.05, 0.1) is 27.1 Å². The van der Waals surface area contributed by atoms with Crippen LogP contribution < -0.4 is 5.73 Å². The van der Waals surface area contributed by atoms with Gasteiger partial charge in [0.2, 0.25) is 0 Å². The van der Waals surface area contributed by atoms with Crippen molar-refractivity contribution in [2.75, 3.05) is 13.7 Å². The van der Waals surface area contributed by atoms with E-state index in [0.29, 0.717) is 23.1 Å². The molecule has 0 amide bonds. The summed E-state index contributed by atoms with van der Waals surface area (Å²) in [5, 5.41) is 0.988. The van der Waals surface area contributed by atoms with Crippen molar-refractivity contribution in [3.8, 4) is 0 Å². The molecule has 0 saturated heterocycles. The highest BCUT2D eigenvalue weighted by atomic mass is 35.5. The predicted molar refractivity (Wildman–Crippen MR) is 69.5 cm³/mol. The maximum atomic E-state index is 5.98. The summed E-state index contributed by atoms with van der Waals surface area (Å²) in [5.41, 5.74) is 7.58. The van der Waals surface area contributed by atoms with Crippen LogP contribution in [0.2, 0.25) is 10.0 Å². The summed E-state index contributed by atoms with van der Waals surface area (Å²) >= 11 is 11.9. The van der Waals surface area contributed by atoms with Gasteiger partial charge in [-0.15, -0.1) is 0 Å². The third-order valence-corrected chi connectivity index (χ3v) is 3.25. The van der Waals surface area contributed by atoms with E-state index in [4.69, 9.17) is 33.7 Å². The van der Waals surface area contributed by atoms with E-state index in [-0.39, 0.29) is 6.04 Å². The summed E-state index contributed by atoms with van der Waals surface area (Å²) in [6.45, 7) is 0.597. The minimum Gasteiger partial charge on any atom is -0.385 e. The van der Waals surface area contributed by atoms with E-state index in [1.54, 1.807) is 19.2 Å². The number of nitrogens with two attached hydrogens (primary N) is 1. The van der Waals surface area contributed by atoms with E-state index in [0.717, 1.165) is 16.9 Å². The number of aromatic nitrogens is 2. The molecule has 1 atom stereocenters. The molecule has 0 aliphatic carbocycles. The topological polar surface area (TPSA) is 63.9 Å². The van der Waals surface area contributed by atoms with Gasteiger partial charge in [-0.3, -0.25) is 0 Å². The molecule has 0 saturated carbocycles. The SMILES string of the molecule is COCCC(N)c1nc2cc(Cl)c(Cl)cc2[nH]1. The lowest BCUT2D eigenvalue weighted by molar-refractivity contribution is 0.187. The molecule has 0 spiro atoms. The van der Waals surface area contributed by atoms with E-state index < -0.39 is 0 Å². The zero-order chi connectivity index (χ0) is 12.4. The van der Waals surface area contributed by atoms with Crippen LogP contribution in [0.15, 0.2) is 12.1 Å². The monoisotopic (exact) mass is 273 g/mol. The summed E-state index contributed by atoms with van der Waals surface area (Å²) < 4.78 is 4.98. The van der Waals surface area contributed by atoms with Crippen molar-refractivity contribution in [1.82, 2.24) is 9.97 Å². The molecule has 0 aliphatic heterocycles. The average molecular weight is 274 g/mol. The first-order valence-corrected chi connectivity index (χ1v) is 5.96. The average Bonchev–Trinajstić information content (AvgIpc) is 2.69. The van der Waals surface area contributed by atoms with Gasteiger partial charge in [-0.1, -0.05) is 23.2 Å². The fourth-order valence-corrected chi connectivity index (χ4v) is 1.90. The van der Waals surface area contributed by atoms with Gasteiger partial charge in [0.25, 0.3) is 0 Å². The van der Waals surface area contributed by atoms with Gasteiger partial charge >= 0.3 is 0 Å². The van der Waals surface area contributed by atoms with Crippen molar-refractivity contribution in [3.63, 3.8) is 0 Å². The Hall–Kier alpha value is -0.810. The van der Waals surface area contributed by atoms with Gasteiger partial charge < -0.3 is 15.5 Å². The molecule has 3 N–H and O–H groups in total. The van der Waals surface area contributed by atoms with Crippen molar-refractivity contribution >= 4 is 34.2 Å². The Kier molecular flexibility index (Phi) is 3.89. The Morgan fingerprint density at radius 3 is 2.82 bits per heavy atom. The zero-order valence-corrected chi connectivity index (χ0v) is 10.8. The normalized spacial score (nSPS) is 13.2. The first-order chi connectivity index (χ1) is 8.11. The molecular formula is C11H13Cl2N3O. The van der Waals surface area contributed by atoms with Gasteiger partial charge in [-0.05, 0) is 18.6 Å². The van der Waals surface area contributed by atoms with Crippen LogP contribution in [0.25, 0.3) is 11.0 Å². The van der Waals surface area contributed by atoms with Gasteiger partial charge in [0.1, 0.15) is 5.82 Å². The molecule has 1 unspecified atom stereocenters. The van der Waals surface area contributed by atoms with Crippen molar-refractivity contribution < 1.29 is 4.74 Å². The summed E-state index contributed by atoms with van der Waals surface area (Å²) in [6, 6.07) is 3.29. The maximum absolute atomic E-state index is 5.98. The predicted octanol–water partition coefficient (Wildman–Crippen LogP) is 2.91. The molecule has 1 aromatic carbocycles. The molecule has 0 bridgehead atoms.